The zero-order valence-electron chi connectivity index (χ0n) is 14.3. The predicted octanol–water partition coefficient (Wildman–Crippen LogP) is 4.34. The molecule has 0 aliphatic heterocycles. The van der Waals surface area contributed by atoms with E-state index in [9.17, 15) is 14.3 Å². The topological polar surface area (TPSA) is 81.2 Å². The highest BCUT2D eigenvalue weighted by Gasteiger charge is 2.21. The molecule has 6 nitrogen and oxygen atoms in total. The van der Waals surface area contributed by atoms with Crippen LogP contribution in [0.3, 0.4) is 0 Å². The van der Waals surface area contributed by atoms with E-state index in [1.807, 2.05) is 0 Å². The van der Waals surface area contributed by atoms with Crippen LogP contribution in [0.5, 0.6) is 0 Å². The number of carbonyl (C=O) groups is 1. The number of hydrogen-bond donors (Lipinski definition) is 1. The van der Waals surface area contributed by atoms with Crippen molar-refractivity contribution in [1.29, 1.82) is 0 Å². The highest BCUT2D eigenvalue weighted by molar-refractivity contribution is 5.88. The van der Waals surface area contributed by atoms with E-state index in [1.165, 1.54) is 18.2 Å². The summed E-state index contributed by atoms with van der Waals surface area (Å²) in [5, 5.41) is 13.3. The quantitative estimate of drug-likeness (QED) is 0.583. The Hall–Kier alpha value is -3.74. The molecule has 2 heterocycles. The maximum atomic E-state index is 13.7. The van der Waals surface area contributed by atoms with Crippen molar-refractivity contribution in [3.63, 3.8) is 0 Å². The Bertz CT molecular complexity index is 1150. The first-order valence-electron chi connectivity index (χ1n) is 8.13. The van der Waals surface area contributed by atoms with Gasteiger partial charge in [0.15, 0.2) is 0 Å². The summed E-state index contributed by atoms with van der Waals surface area (Å²) in [6, 6.07) is 12.6. The fourth-order valence-corrected chi connectivity index (χ4v) is 2.98. The minimum absolute atomic E-state index is 0.166. The van der Waals surface area contributed by atoms with Crippen molar-refractivity contribution in [2.75, 3.05) is 0 Å². The van der Waals surface area contributed by atoms with Gasteiger partial charge in [0.2, 0.25) is 0 Å². The number of aromatic nitrogens is 3. The first-order chi connectivity index (χ1) is 13.0. The lowest BCUT2D eigenvalue weighted by atomic mass is 10.0. The predicted molar refractivity (Wildman–Crippen MR) is 96.2 cm³/mol. The van der Waals surface area contributed by atoms with E-state index in [0.29, 0.717) is 34.0 Å². The molecule has 0 unspecified atom stereocenters. The molecule has 0 saturated carbocycles. The normalized spacial score (nSPS) is 10.9. The van der Waals surface area contributed by atoms with Crippen LogP contribution in [0.25, 0.3) is 28.2 Å². The molecule has 0 fully saturated rings. The average Bonchev–Trinajstić information content (AvgIpc) is 3.28. The van der Waals surface area contributed by atoms with Gasteiger partial charge >= 0.3 is 5.97 Å². The largest absolute Gasteiger partial charge is 0.478 e. The number of carboxylic acid groups (broad SMARTS) is 1. The second-order valence-corrected chi connectivity index (χ2v) is 5.98. The summed E-state index contributed by atoms with van der Waals surface area (Å²) in [7, 11) is 0. The third kappa shape index (κ3) is 2.99. The van der Waals surface area contributed by atoms with Gasteiger partial charge in [-0.1, -0.05) is 23.4 Å². The van der Waals surface area contributed by atoms with Crippen molar-refractivity contribution >= 4 is 5.97 Å². The lowest BCUT2D eigenvalue weighted by molar-refractivity contribution is 0.0697. The Morgan fingerprint density at radius 1 is 1.19 bits per heavy atom. The van der Waals surface area contributed by atoms with E-state index in [4.69, 9.17) is 4.52 Å². The molecule has 0 saturated heterocycles. The lowest BCUT2D eigenvalue weighted by Gasteiger charge is -2.09. The number of imidazole rings is 1. The summed E-state index contributed by atoms with van der Waals surface area (Å²) in [4.78, 5) is 15.5. The van der Waals surface area contributed by atoms with Crippen LogP contribution in [0.15, 0.2) is 65.6 Å². The molecule has 27 heavy (non-hydrogen) atoms. The van der Waals surface area contributed by atoms with Crippen LogP contribution >= 0.6 is 0 Å². The van der Waals surface area contributed by atoms with E-state index in [-0.39, 0.29) is 11.4 Å². The first-order valence-corrected chi connectivity index (χ1v) is 8.13. The third-order valence-electron chi connectivity index (χ3n) is 4.23. The van der Waals surface area contributed by atoms with E-state index >= 15 is 0 Å². The average molecular weight is 363 g/mol. The molecular formula is C20H14FN3O3. The van der Waals surface area contributed by atoms with Crippen LogP contribution in [-0.2, 0) is 0 Å². The molecule has 0 radical (unpaired) electrons. The van der Waals surface area contributed by atoms with Gasteiger partial charge in [0, 0.05) is 11.3 Å². The van der Waals surface area contributed by atoms with Gasteiger partial charge in [0.1, 0.15) is 17.3 Å². The molecule has 0 aliphatic carbocycles. The highest BCUT2D eigenvalue weighted by atomic mass is 19.1. The smallest absolute Gasteiger partial charge is 0.335 e. The second-order valence-electron chi connectivity index (χ2n) is 5.98. The summed E-state index contributed by atoms with van der Waals surface area (Å²) in [6.07, 6.45) is 3.22. The van der Waals surface area contributed by atoms with Gasteiger partial charge in [-0.2, -0.15) is 0 Å². The number of carboxylic acids is 1. The second kappa shape index (κ2) is 6.53. The summed E-state index contributed by atoms with van der Waals surface area (Å²) >= 11 is 0. The molecule has 0 bridgehead atoms. The Morgan fingerprint density at radius 2 is 2.00 bits per heavy atom. The van der Waals surface area contributed by atoms with Crippen LogP contribution in [0.1, 0.15) is 16.1 Å². The summed E-state index contributed by atoms with van der Waals surface area (Å²) in [5.41, 5.74) is 3.19. The molecular weight excluding hydrogens is 349 g/mol. The Labute approximate surface area is 153 Å². The van der Waals surface area contributed by atoms with Crippen molar-refractivity contribution < 1.29 is 18.8 Å². The summed E-state index contributed by atoms with van der Waals surface area (Å²) in [5.74, 6) is -0.840. The number of rotatable bonds is 4. The summed E-state index contributed by atoms with van der Waals surface area (Å²) in [6.45, 7) is 1.76. The Kier molecular flexibility index (Phi) is 4.04. The monoisotopic (exact) mass is 363 g/mol. The molecule has 4 aromatic rings. The molecule has 2 aromatic heterocycles. The molecule has 0 aliphatic rings. The van der Waals surface area contributed by atoms with Crippen LogP contribution < -0.4 is 0 Å². The van der Waals surface area contributed by atoms with Crippen LogP contribution in [0.2, 0.25) is 0 Å². The van der Waals surface area contributed by atoms with Gasteiger partial charge in [0.05, 0.1) is 29.3 Å². The molecule has 0 atom stereocenters. The van der Waals surface area contributed by atoms with Crippen molar-refractivity contribution in [1.82, 2.24) is 14.7 Å². The number of nitrogens with zero attached hydrogens (tertiary/aromatic N) is 3. The van der Waals surface area contributed by atoms with Crippen LogP contribution in [-0.4, -0.2) is 25.8 Å². The lowest BCUT2D eigenvalue weighted by Crippen LogP contribution is -2.01. The fourth-order valence-electron chi connectivity index (χ4n) is 2.98. The first kappa shape index (κ1) is 16.7. The molecule has 0 spiro atoms. The molecule has 7 heteroatoms. The minimum atomic E-state index is -1.01. The van der Waals surface area contributed by atoms with E-state index in [2.05, 4.69) is 10.1 Å². The maximum Gasteiger partial charge on any atom is 0.335 e. The number of halogens is 1. The zero-order chi connectivity index (χ0) is 19.0. The standard InChI is InChI=1S/C20H14FN3O3/c1-12-18(19(23-27-12)13-4-2-6-15(21)8-13)17-10-22-11-24(17)16-7-3-5-14(9-16)20(25)26/h2-11H,1H3,(H,25,26). The Morgan fingerprint density at radius 3 is 2.78 bits per heavy atom. The van der Waals surface area contributed by atoms with Gasteiger partial charge < -0.3 is 9.63 Å². The number of hydrogen-bond acceptors (Lipinski definition) is 4. The van der Waals surface area contributed by atoms with E-state index in [1.54, 1.807) is 54.3 Å². The molecule has 2 aromatic carbocycles. The van der Waals surface area contributed by atoms with Gasteiger partial charge in [-0.3, -0.25) is 4.57 Å². The zero-order valence-corrected chi connectivity index (χ0v) is 14.3. The van der Waals surface area contributed by atoms with Crippen molar-refractivity contribution in [3.05, 3.63) is 78.2 Å². The van der Waals surface area contributed by atoms with E-state index < -0.39 is 5.97 Å². The number of benzene rings is 2. The summed E-state index contributed by atoms with van der Waals surface area (Å²) < 4.78 is 20.8. The SMILES string of the molecule is Cc1onc(-c2cccc(F)c2)c1-c1cncn1-c1cccc(C(=O)O)c1. The molecule has 4 rings (SSSR count). The number of aromatic carboxylic acids is 1. The van der Waals surface area contributed by atoms with Crippen molar-refractivity contribution in [2.45, 2.75) is 6.92 Å². The van der Waals surface area contributed by atoms with Gasteiger partial charge in [-0.25, -0.2) is 14.2 Å². The van der Waals surface area contributed by atoms with Crippen LogP contribution in [0.4, 0.5) is 4.39 Å². The fraction of sp³-hybridized carbons (Fsp3) is 0.0500. The third-order valence-corrected chi connectivity index (χ3v) is 4.23. The van der Waals surface area contributed by atoms with Crippen LogP contribution in [0, 0.1) is 12.7 Å². The highest BCUT2D eigenvalue weighted by Crippen LogP contribution is 2.35. The minimum Gasteiger partial charge on any atom is -0.478 e. The van der Waals surface area contributed by atoms with Crippen molar-refractivity contribution in [3.8, 4) is 28.2 Å². The van der Waals surface area contributed by atoms with E-state index in [0.717, 1.165) is 0 Å². The molecule has 0 amide bonds. The molecule has 1 N–H and O–H groups in total. The van der Waals surface area contributed by atoms with Gasteiger partial charge in [-0.05, 0) is 37.3 Å². The number of aryl methyl sites for hydroxylation is 1. The van der Waals surface area contributed by atoms with Gasteiger partial charge in [0.25, 0.3) is 0 Å². The Balaban J connectivity index is 1.88. The molecule has 134 valence electrons. The maximum absolute atomic E-state index is 13.7. The van der Waals surface area contributed by atoms with Gasteiger partial charge in [-0.15, -0.1) is 0 Å². The van der Waals surface area contributed by atoms with Crippen molar-refractivity contribution in [2.24, 2.45) is 0 Å².